The Morgan fingerprint density at radius 3 is 2.50 bits per heavy atom. The molecule has 1 aromatic rings. The number of carbonyl (C=O) groups is 2. The minimum Gasteiger partial charge on any atom is -0.497 e. The van der Waals surface area contributed by atoms with Gasteiger partial charge in [-0.05, 0) is 19.1 Å². The molecule has 18 heavy (non-hydrogen) atoms. The SMILES string of the molecule is COc1cc(C)c([N+](=O)[O-])c(CC(=O)C(=O)O)c1. The number of carboxylic acids is 1. The van der Waals surface area contributed by atoms with Crippen LogP contribution in [-0.2, 0) is 16.0 Å². The zero-order chi connectivity index (χ0) is 13.9. The van der Waals surface area contributed by atoms with E-state index in [0.717, 1.165) is 0 Å². The number of aryl methyl sites for hydroxylation is 1. The molecular weight excluding hydrogens is 242 g/mol. The zero-order valence-electron chi connectivity index (χ0n) is 9.80. The molecule has 0 bridgehead atoms. The van der Waals surface area contributed by atoms with Crippen molar-refractivity contribution in [1.82, 2.24) is 0 Å². The summed E-state index contributed by atoms with van der Waals surface area (Å²) in [7, 11) is 1.38. The number of Topliss-reactive ketones (excluding diaryl/α,β-unsaturated/α-hetero) is 1. The molecule has 7 nitrogen and oxygen atoms in total. The van der Waals surface area contributed by atoms with E-state index < -0.39 is 23.1 Å². The molecule has 0 radical (unpaired) electrons. The van der Waals surface area contributed by atoms with Crippen LogP contribution in [0.25, 0.3) is 0 Å². The van der Waals surface area contributed by atoms with Crippen molar-refractivity contribution in [1.29, 1.82) is 0 Å². The topological polar surface area (TPSA) is 107 Å². The molecule has 0 atom stereocenters. The second-order valence-electron chi connectivity index (χ2n) is 3.61. The first-order valence-electron chi connectivity index (χ1n) is 4.94. The van der Waals surface area contributed by atoms with Crippen LogP contribution >= 0.6 is 0 Å². The number of ketones is 1. The Morgan fingerprint density at radius 2 is 2.06 bits per heavy atom. The molecule has 0 aliphatic carbocycles. The van der Waals surface area contributed by atoms with Gasteiger partial charge in [0.2, 0.25) is 5.78 Å². The summed E-state index contributed by atoms with van der Waals surface area (Å²) in [6.45, 7) is 1.50. The Bertz CT molecular complexity index is 523. The van der Waals surface area contributed by atoms with Gasteiger partial charge >= 0.3 is 5.97 Å². The highest BCUT2D eigenvalue weighted by Gasteiger charge is 2.23. The Kier molecular flexibility index (Phi) is 3.98. The lowest BCUT2D eigenvalue weighted by molar-refractivity contribution is -0.386. The monoisotopic (exact) mass is 253 g/mol. The summed E-state index contributed by atoms with van der Waals surface area (Å²) < 4.78 is 4.93. The normalized spacial score (nSPS) is 9.89. The fraction of sp³-hybridized carbons (Fsp3) is 0.273. The van der Waals surface area contributed by atoms with Gasteiger partial charge in [0.25, 0.3) is 5.69 Å². The third-order valence-corrected chi connectivity index (χ3v) is 2.36. The van der Waals surface area contributed by atoms with E-state index in [1.807, 2.05) is 0 Å². The Hall–Kier alpha value is -2.44. The van der Waals surface area contributed by atoms with Gasteiger partial charge in [-0.15, -0.1) is 0 Å². The minimum atomic E-state index is -1.62. The van der Waals surface area contributed by atoms with Gasteiger partial charge in [-0.25, -0.2) is 4.79 Å². The zero-order valence-corrected chi connectivity index (χ0v) is 9.80. The lowest BCUT2D eigenvalue weighted by Crippen LogP contribution is -2.16. The average molecular weight is 253 g/mol. The molecular formula is C11H11NO6. The first kappa shape index (κ1) is 13.6. The van der Waals surface area contributed by atoms with E-state index >= 15 is 0 Å². The van der Waals surface area contributed by atoms with Crippen molar-refractivity contribution in [3.63, 3.8) is 0 Å². The van der Waals surface area contributed by atoms with Crippen molar-refractivity contribution in [3.8, 4) is 5.75 Å². The molecule has 0 amide bonds. The maximum absolute atomic E-state index is 11.1. The third-order valence-electron chi connectivity index (χ3n) is 2.36. The molecule has 0 spiro atoms. The van der Waals surface area contributed by atoms with Crippen LogP contribution in [0.15, 0.2) is 12.1 Å². The van der Waals surface area contributed by atoms with Crippen LogP contribution in [0.2, 0.25) is 0 Å². The number of methoxy groups -OCH3 is 1. The molecule has 1 aromatic carbocycles. The molecule has 0 saturated carbocycles. The third kappa shape index (κ3) is 2.82. The lowest BCUT2D eigenvalue weighted by Gasteiger charge is -2.07. The first-order chi connectivity index (χ1) is 8.36. The van der Waals surface area contributed by atoms with E-state index in [2.05, 4.69) is 0 Å². The van der Waals surface area contributed by atoms with Crippen molar-refractivity contribution in [2.45, 2.75) is 13.3 Å². The maximum atomic E-state index is 11.1. The van der Waals surface area contributed by atoms with Gasteiger partial charge in [-0.2, -0.15) is 0 Å². The highest BCUT2D eigenvalue weighted by atomic mass is 16.6. The summed E-state index contributed by atoms with van der Waals surface area (Å²) in [5.41, 5.74) is 0.0854. The number of nitro benzene ring substituents is 1. The predicted molar refractivity (Wildman–Crippen MR) is 60.7 cm³/mol. The molecule has 1 rings (SSSR count). The van der Waals surface area contributed by atoms with Gasteiger partial charge in [-0.3, -0.25) is 14.9 Å². The molecule has 0 fully saturated rings. The van der Waals surface area contributed by atoms with Gasteiger partial charge in [-0.1, -0.05) is 0 Å². The predicted octanol–water partition coefficient (Wildman–Crippen LogP) is 1.11. The molecule has 0 aromatic heterocycles. The lowest BCUT2D eigenvalue weighted by atomic mass is 10.0. The summed E-state index contributed by atoms with van der Waals surface area (Å²) >= 11 is 0. The quantitative estimate of drug-likeness (QED) is 0.478. The van der Waals surface area contributed by atoms with Crippen LogP contribution in [-0.4, -0.2) is 28.9 Å². The van der Waals surface area contributed by atoms with Gasteiger partial charge in [0.1, 0.15) is 5.75 Å². The number of carbonyl (C=O) groups excluding carboxylic acids is 1. The highest BCUT2D eigenvalue weighted by molar-refractivity contribution is 6.33. The summed E-state index contributed by atoms with van der Waals surface area (Å²) in [4.78, 5) is 31.9. The fourth-order valence-electron chi connectivity index (χ4n) is 1.58. The Balaban J connectivity index is 3.29. The van der Waals surface area contributed by atoms with E-state index in [-0.39, 0.29) is 11.3 Å². The standard InChI is InChI=1S/C11H11NO6/c1-6-3-8(18-2)4-7(10(6)12(16)17)5-9(13)11(14)15/h3-4H,5H2,1-2H3,(H,14,15). The Labute approximate surface area is 102 Å². The largest absolute Gasteiger partial charge is 0.497 e. The molecule has 0 aliphatic rings. The fourth-order valence-corrected chi connectivity index (χ4v) is 1.58. The molecule has 1 N–H and O–H groups in total. The number of nitrogens with zero attached hydrogens (tertiary/aromatic N) is 1. The van der Waals surface area contributed by atoms with Crippen molar-refractivity contribution < 1.29 is 24.4 Å². The number of nitro groups is 1. The maximum Gasteiger partial charge on any atom is 0.372 e. The smallest absolute Gasteiger partial charge is 0.372 e. The van der Waals surface area contributed by atoms with Gasteiger partial charge in [0.05, 0.1) is 12.0 Å². The highest BCUT2D eigenvalue weighted by Crippen LogP contribution is 2.29. The van der Waals surface area contributed by atoms with Crippen LogP contribution < -0.4 is 4.74 Å². The second kappa shape index (κ2) is 5.26. The number of carboxylic acid groups (broad SMARTS) is 1. The molecule has 7 heteroatoms. The molecule has 0 saturated heterocycles. The van der Waals surface area contributed by atoms with Crippen molar-refractivity contribution in [2.75, 3.05) is 7.11 Å². The minimum absolute atomic E-state index is 0.0317. The average Bonchev–Trinajstić information content (AvgIpc) is 2.27. The van der Waals surface area contributed by atoms with Crippen molar-refractivity contribution in [2.24, 2.45) is 0 Å². The summed E-state index contributed by atoms with van der Waals surface area (Å²) in [6, 6.07) is 2.75. The summed E-state index contributed by atoms with van der Waals surface area (Å²) in [5, 5.41) is 19.4. The van der Waals surface area contributed by atoms with E-state index in [9.17, 15) is 19.7 Å². The summed E-state index contributed by atoms with van der Waals surface area (Å²) in [6.07, 6.45) is -0.538. The molecule has 0 unspecified atom stereocenters. The molecule has 96 valence electrons. The van der Waals surface area contributed by atoms with Crippen LogP contribution in [0.3, 0.4) is 0 Å². The van der Waals surface area contributed by atoms with Crippen LogP contribution in [0.1, 0.15) is 11.1 Å². The number of benzene rings is 1. The van der Waals surface area contributed by atoms with E-state index in [1.54, 1.807) is 0 Å². The second-order valence-corrected chi connectivity index (χ2v) is 3.61. The van der Waals surface area contributed by atoms with Crippen molar-refractivity contribution in [3.05, 3.63) is 33.4 Å². The molecule has 0 aliphatic heterocycles. The van der Waals surface area contributed by atoms with Gasteiger partial charge < -0.3 is 9.84 Å². The van der Waals surface area contributed by atoms with E-state index in [1.165, 1.54) is 26.2 Å². The first-order valence-corrected chi connectivity index (χ1v) is 4.94. The van der Waals surface area contributed by atoms with Crippen molar-refractivity contribution >= 4 is 17.4 Å². The van der Waals surface area contributed by atoms with E-state index in [0.29, 0.717) is 11.3 Å². The number of rotatable bonds is 5. The van der Waals surface area contributed by atoms with Gasteiger partial charge in [0.15, 0.2) is 0 Å². The van der Waals surface area contributed by atoms with Gasteiger partial charge in [0, 0.05) is 17.5 Å². The number of hydrogen-bond donors (Lipinski definition) is 1. The Morgan fingerprint density at radius 1 is 1.44 bits per heavy atom. The summed E-state index contributed by atoms with van der Waals surface area (Å²) in [5.74, 6) is -2.39. The van der Waals surface area contributed by atoms with Crippen LogP contribution in [0.5, 0.6) is 5.75 Å². The number of hydrogen-bond acceptors (Lipinski definition) is 5. The number of aliphatic carboxylic acids is 1. The van der Waals surface area contributed by atoms with Crippen LogP contribution in [0.4, 0.5) is 5.69 Å². The van der Waals surface area contributed by atoms with Crippen LogP contribution in [0, 0.1) is 17.0 Å². The number of ether oxygens (including phenoxy) is 1. The van der Waals surface area contributed by atoms with E-state index in [4.69, 9.17) is 9.84 Å². The molecule has 0 heterocycles.